The molecule has 2 rings (SSSR count). The molecule has 3 N–H and O–H groups in total. The van der Waals surface area contributed by atoms with Gasteiger partial charge in [-0.1, -0.05) is 0 Å². The van der Waals surface area contributed by atoms with E-state index in [1.165, 1.54) is 19.2 Å². The third kappa shape index (κ3) is 3.51. The first kappa shape index (κ1) is 15.7. The maximum absolute atomic E-state index is 11.0. The van der Waals surface area contributed by atoms with Crippen LogP contribution in [0, 0.1) is 0 Å². The highest BCUT2D eigenvalue weighted by atomic mass is 32.2. The summed E-state index contributed by atoms with van der Waals surface area (Å²) in [6.45, 7) is 0. The van der Waals surface area contributed by atoms with E-state index in [1.54, 1.807) is 6.07 Å². The lowest BCUT2D eigenvalue weighted by Gasteiger charge is -2.03. The molecule has 9 heteroatoms. The summed E-state index contributed by atoms with van der Waals surface area (Å²) in [7, 11) is -2.98. The van der Waals surface area contributed by atoms with Crippen LogP contribution >= 0.6 is 0 Å². The summed E-state index contributed by atoms with van der Waals surface area (Å²) in [6, 6.07) is 7.33. The molecule has 0 aliphatic rings. The molecule has 0 fully saturated rings. The number of rotatable bonds is 4. The van der Waals surface area contributed by atoms with Crippen molar-refractivity contribution >= 4 is 21.5 Å². The number of hydrogen-bond acceptors (Lipinski definition) is 7. The normalized spacial score (nSPS) is 11.7. The van der Waals surface area contributed by atoms with E-state index in [1.807, 2.05) is 0 Å². The second-order valence-electron chi connectivity index (χ2n) is 4.18. The molecule has 2 aromatic carbocycles. The number of benzene rings is 2. The SMILES string of the molecule is COc1ccc(N=Nc2cc(S(=O)(=O)O)ccc2O)c(O)c1. The largest absolute Gasteiger partial charge is 0.506 e. The molecule has 22 heavy (non-hydrogen) atoms. The summed E-state index contributed by atoms with van der Waals surface area (Å²) in [5.41, 5.74) is -0.0807. The van der Waals surface area contributed by atoms with Crippen molar-refractivity contribution in [2.24, 2.45) is 10.2 Å². The Bertz CT molecular complexity index is 832. The van der Waals surface area contributed by atoms with Gasteiger partial charge in [0.2, 0.25) is 0 Å². The van der Waals surface area contributed by atoms with Crippen LogP contribution in [0.1, 0.15) is 0 Å². The molecule has 0 radical (unpaired) electrons. The molecule has 0 aliphatic heterocycles. The van der Waals surface area contributed by atoms with Crippen molar-refractivity contribution in [3.05, 3.63) is 36.4 Å². The predicted molar refractivity (Wildman–Crippen MR) is 76.8 cm³/mol. The minimum Gasteiger partial charge on any atom is -0.506 e. The van der Waals surface area contributed by atoms with E-state index in [0.717, 1.165) is 18.2 Å². The molecule has 0 aromatic heterocycles. The lowest BCUT2D eigenvalue weighted by atomic mass is 10.3. The minimum atomic E-state index is -4.42. The quantitative estimate of drug-likeness (QED) is 0.586. The van der Waals surface area contributed by atoms with Crippen LogP contribution in [-0.2, 0) is 10.1 Å². The van der Waals surface area contributed by atoms with Crippen molar-refractivity contribution in [3.8, 4) is 17.2 Å². The van der Waals surface area contributed by atoms with Crippen LogP contribution < -0.4 is 4.74 Å². The summed E-state index contributed by atoms with van der Waals surface area (Å²) in [5, 5.41) is 26.7. The number of phenols is 2. The number of aromatic hydroxyl groups is 2. The summed E-state index contributed by atoms with van der Waals surface area (Å²) in [6.07, 6.45) is 0. The average Bonchev–Trinajstić information content (AvgIpc) is 2.46. The van der Waals surface area contributed by atoms with Crippen molar-refractivity contribution in [3.63, 3.8) is 0 Å². The molecule has 0 saturated heterocycles. The minimum absolute atomic E-state index is 0.0949. The summed E-state index contributed by atoms with van der Waals surface area (Å²) in [4.78, 5) is -0.432. The zero-order valence-corrected chi connectivity index (χ0v) is 12.1. The van der Waals surface area contributed by atoms with Gasteiger partial charge in [-0.2, -0.15) is 8.42 Å². The van der Waals surface area contributed by atoms with Gasteiger partial charge in [0, 0.05) is 6.07 Å². The van der Waals surface area contributed by atoms with Crippen LogP contribution in [0.3, 0.4) is 0 Å². The molecule has 0 amide bonds. The van der Waals surface area contributed by atoms with E-state index in [4.69, 9.17) is 9.29 Å². The van der Waals surface area contributed by atoms with Gasteiger partial charge >= 0.3 is 0 Å². The van der Waals surface area contributed by atoms with Gasteiger partial charge in [-0.3, -0.25) is 4.55 Å². The van der Waals surface area contributed by atoms with E-state index >= 15 is 0 Å². The number of methoxy groups -OCH3 is 1. The zero-order valence-electron chi connectivity index (χ0n) is 11.3. The van der Waals surface area contributed by atoms with Crippen molar-refractivity contribution in [2.75, 3.05) is 7.11 Å². The van der Waals surface area contributed by atoms with Crippen LogP contribution in [0.5, 0.6) is 17.2 Å². The van der Waals surface area contributed by atoms with Gasteiger partial charge in [-0.15, -0.1) is 10.2 Å². The monoisotopic (exact) mass is 324 g/mol. The lowest BCUT2D eigenvalue weighted by Crippen LogP contribution is -1.96. The topological polar surface area (TPSA) is 129 Å². The van der Waals surface area contributed by atoms with E-state index in [9.17, 15) is 18.6 Å². The number of nitrogens with zero attached hydrogens (tertiary/aromatic N) is 2. The van der Waals surface area contributed by atoms with Gasteiger partial charge < -0.3 is 14.9 Å². The van der Waals surface area contributed by atoms with Crippen LogP contribution in [0.4, 0.5) is 11.4 Å². The molecule has 0 heterocycles. The van der Waals surface area contributed by atoms with Crippen LogP contribution in [-0.4, -0.2) is 30.3 Å². The Morgan fingerprint density at radius 2 is 1.64 bits per heavy atom. The van der Waals surface area contributed by atoms with Crippen LogP contribution in [0.25, 0.3) is 0 Å². The third-order valence-electron chi connectivity index (χ3n) is 2.69. The molecule has 0 spiro atoms. The van der Waals surface area contributed by atoms with Crippen molar-refractivity contribution < 1.29 is 27.9 Å². The van der Waals surface area contributed by atoms with Crippen LogP contribution in [0.15, 0.2) is 51.5 Å². The smallest absolute Gasteiger partial charge is 0.294 e. The zero-order chi connectivity index (χ0) is 16.3. The van der Waals surface area contributed by atoms with Gasteiger partial charge in [0.15, 0.2) is 0 Å². The van der Waals surface area contributed by atoms with Gasteiger partial charge in [0.05, 0.1) is 12.0 Å². The Hall–Kier alpha value is -2.65. The van der Waals surface area contributed by atoms with Crippen LogP contribution in [0.2, 0.25) is 0 Å². The highest BCUT2D eigenvalue weighted by Crippen LogP contribution is 2.34. The Morgan fingerprint density at radius 1 is 0.955 bits per heavy atom. The maximum atomic E-state index is 11.0. The highest BCUT2D eigenvalue weighted by molar-refractivity contribution is 7.85. The highest BCUT2D eigenvalue weighted by Gasteiger charge is 2.12. The molecular formula is C13H12N2O6S. The van der Waals surface area contributed by atoms with E-state index in [0.29, 0.717) is 5.75 Å². The number of ether oxygens (including phenoxy) is 1. The predicted octanol–water partition coefficient (Wildman–Crippen LogP) is 2.77. The first-order valence-electron chi connectivity index (χ1n) is 5.90. The molecule has 0 unspecified atom stereocenters. The van der Waals surface area contributed by atoms with Gasteiger partial charge in [-0.25, -0.2) is 0 Å². The molecule has 116 valence electrons. The Kier molecular flexibility index (Phi) is 4.29. The van der Waals surface area contributed by atoms with Gasteiger partial charge in [-0.05, 0) is 30.3 Å². The second kappa shape index (κ2) is 6.00. The number of azo groups is 1. The maximum Gasteiger partial charge on any atom is 0.294 e. The molecule has 0 bridgehead atoms. The van der Waals surface area contributed by atoms with Gasteiger partial charge in [0.25, 0.3) is 10.1 Å². The molecule has 0 atom stereocenters. The Labute approximate surface area is 126 Å². The number of hydrogen-bond donors (Lipinski definition) is 3. The van der Waals surface area contributed by atoms with E-state index < -0.39 is 15.0 Å². The third-order valence-corrected chi connectivity index (χ3v) is 3.54. The van der Waals surface area contributed by atoms with E-state index in [2.05, 4.69) is 10.2 Å². The number of phenolic OH excluding ortho intramolecular Hbond substituents is 2. The fourth-order valence-corrected chi connectivity index (χ4v) is 2.07. The molecular weight excluding hydrogens is 312 g/mol. The fraction of sp³-hybridized carbons (Fsp3) is 0.0769. The Balaban J connectivity index is 2.38. The standard InChI is InChI=1S/C13H12N2O6S/c1-21-8-2-4-10(13(17)6-8)14-15-11-7-9(22(18,19)20)3-5-12(11)16/h2-7,16-17H,1H3,(H,18,19,20). The molecule has 8 nitrogen and oxygen atoms in total. The fourth-order valence-electron chi connectivity index (χ4n) is 1.57. The van der Waals surface area contributed by atoms with E-state index in [-0.39, 0.29) is 22.9 Å². The first-order valence-corrected chi connectivity index (χ1v) is 7.34. The average molecular weight is 324 g/mol. The summed E-state index contributed by atoms with van der Waals surface area (Å²) >= 11 is 0. The second-order valence-corrected chi connectivity index (χ2v) is 5.60. The Morgan fingerprint density at radius 3 is 2.23 bits per heavy atom. The molecule has 0 saturated carbocycles. The van der Waals surface area contributed by atoms with Crippen molar-refractivity contribution in [1.29, 1.82) is 0 Å². The molecule has 0 aliphatic carbocycles. The van der Waals surface area contributed by atoms with Crippen molar-refractivity contribution in [2.45, 2.75) is 4.90 Å². The summed E-state index contributed by atoms with van der Waals surface area (Å²) < 4.78 is 36.0. The lowest BCUT2D eigenvalue weighted by molar-refractivity contribution is 0.408. The summed E-state index contributed by atoms with van der Waals surface area (Å²) in [5.74, 6) is -0.106. The van der Waals surface area contributed by atoms with Crippen molar-refractivity contribution in [1.82, 2.24) is 0 Å². The van der Waals surface area contributed by atoms with Gasteiger partial charge in [0.1, 0.15) is 28.6 Å². The first-order chi connectivity index (χ1) is 10.3. The molecule has 2 aromatic rings.